The van der Waals surface area contributed by atoms with Crippen molar-refractivity contribution in [2.45, 2.75) is 75.0 Å². The topological polar surface area (TPSA) is 114 Å². The molecule has 9 heteroatoms. The van der Waals surface area contributed by atoms with Crippen LogP contribution in [0, 0.1) is 0 Å². The molecule has 4 aromatic carbocycles. The van der Waals surface area contributed by atoms with Crippen LogP contribution in [-0.4, -0.2) is 63.7 Å². The summed E-state index contributed by atoms with van der Waals surface area (Å²) in [6, 6.07) is 21.0. The molecule has 0 N–H and O–H groups in total. The van der Waals surface area contributed by atoms with Crippen LogP contribution in [0.1, 0.15) is 63.5 Å². The Morgan fingerprint density at radius 1 is 0.513 bits per heavy atom. The van der Waals surface area contributed by atoms with E-state index >= 15 is 0 Å². The maximum absolute atomic E-state index is 11.0. The van der Waals surface area contributed by atoms with E-state index in [1.54, 1.807) is 12.1 Å². The van der Waals surface area contributed by atoms with Crippen molar-refractivity contribution in [2.75, 3.05) is 0 Å². The van der Waals surface area contributed by atoms with Crippen LogP contribution in [0.3, 0.4) is 0 Å². The predicted octanol–water partition coefficient (Wildman–Crippen LogP) is 6.57. The van der Waals surface area contributed by atoms with Crippen molar-refractivity contribution in [1.29, 1.82) is 0 Å². The Labute approximate surface area is 262 Å². The van der Waals surface area contributed by atoms with Gasteiger partial charge in [0.15, 0.2) is 0 Å². The number of benzene rings is 4. The first-order valence-electron chi connectivity index (χ1n) is 13.0. The molecule has 0 radical (unpaired) electrons. The molecule has 39 heavy (non-hydrogen) atoms. The predicted molar refractivity (Wildman–Crippen MR) is 156 cm³/mol. The van der Waals surface area contributed by atoms with Gasteiger partial charge in [0.1, 0.15) is 20.2 Å². The van der Waals surface area contributed by atoms with E-state index in [1.165, 1.54) is 61.1 Å². The fraction of sp³-hybridized carbons (Fsp3) is 0.333. The fourth-order valence-corrected chi connectivity index (χ4v) is 5.34. The summed E-state index contributed by atoms with van der Waals surface area (Å²) >= 11 is 0. The summed E-state index contributed by atoms with van der Waals surface area (Å²) in [4.78, 5) is -0.323. The van der Waals surface area contributed by atoms with Gasteiger partial charge in [0.05, 0.1) is 9.79 Å². The number of fused-ring (bicyclic) bond motifs is 2. The van der Waals surface area contributed by atoms with Crippen LogP contribution in [-0.2, 0) is 33.1 Å². The Morgan fingerprint density at radius 2 is 0.872 bits per heavy atom. The molecule has 0 saturated carbocycles. The van der Waals surface area contributed by atoms with E-state index in [0.717, 1.165) is 47.2 Å². The summed E-state index contributed by atoms with van der Waals surface area (Å²) < 4.78 is 66.1. The second-order valence-corrected chi connectivity index (χ2v) is 12.3. The molecule has 0 aromatic heterocycles. The van der Waals surface area contributed by atoms with Crippen LogP contribution in [0.15, 0.2) is 82.6 Å². The summed E-state index contributed by atoms with van der Waals surface area (Å²) in [6.07, 6.45) is 8.94. The Balaban J connectivity index is 0.000000267. The van der Waals surface area contributed by atoms with Crippen molar-refractivity contribution in [3.63, 3.8) is 0 Å². The van der Waals surface area contributed by atoms with E-state index in [9.17, 15) is 25.9 Å². The van der Waals surface area contributed by atoms with E-state index in [-0.39, 0.29) is 47.5 Å². The van der Waals surface area contributed by atoms with Crippen molar-refractivity contribution >= 4 is 79.5 Å². The van der Waals surface area contributed by atoms with E-state index < -0.39 is 20.2 Å². The summed E-state index contributed by atoms with van der Waals surface area (Å²) in [5, 5.41) is 3.52. The fourth-order valence-electron chi connectivity index (χ4n) is 4.33. The van der Waals surface area contributed by atoms with E-state index in [2.05, 4.69) is 26.0 Å². The summed E-state index contributed by atoms with van der Waals surface area (Å²) in [5.41, 5.74) is 2.36. The first-order chi connectivity index (χ1) is 18.0. The molecular formula is C30H34CaO6S2. The molecule has 0 aliphatic heterocycles. The minimum atomic E-state index is -4.38. The third-order valence-electron chi connectivity index (χ3n) is 6.47. The van der Waals surface area contributed by atoms with Gasteiger partial charge in [0.25, 0.3) is 0 Å². The average Bonchev–Trinajstić information content (AvgIpc) is 2.87. The van der Waals surface area contributed by atoms with Gasteiger partial charge < -0.3 is 9.11 Å². The molecule has 0 amide bonds. The van der Waals surface area contributed by atoms with Crippen molar-refractivity contribution in [2.24, 2.45) is 0 Å². The van der Waals surface area contributed by atoms with Gasteiger partial charge in [-0.3, -0.25) is 0 Å². The summed E-state index contributed by atoms with van der Waals surface area (Å²) in [6.45, 7) is 4.32. The molecule has 0 fully saturated rings. The standard InChI is InChI=1S/2C15H18O3S.Ca/c2*1-2-3-4-5-12-6-7-13-8-9-15(19(16,17)18)11-14(13)10-12;/h2*6-11H,2-5H2,1H3,(H,16,17,18);/q;;+2/p-2. The van der Waals surface area contributed by atoms with Gasteiger partial charge in [-0.15, -0.1) is 0 Å². The Bertz CT molecular complexity index is 1480. The zero-order chi connectivity index (χ0) is 27.8. The molecule has 0 aliphatic carbocycles. The number of rotatable bonds is 10. The maximum Gasteiger partial charge on any atom is 2.00 e. The molecule has 0 saturated heterocycles. The van der Waals surface area contributed by atoms with Crippen LogP contribution < -0.4 is 0 Å². The Morgan fingerprint density at radius 3 is 1.21 bits per heavy atom. The Hall–Kier alpha value is -1.52. The van der Waals surface area contributed by atoms with Crippen LogP contribution >= 0.6 is 0 Å². The minimum Gasteiger partial charge on any atom is -0.744 e. The molecule has 0 unspecified atom stereocenters. The van der Waals surface area contributed by atoms with Gasteiger partial charge in [-0.25, -0.2) is 16.8 Å². The molecule has 0 heterocycles. The molecule has 0 bridgehead atoms. The quantitative estimate of drug-likeness (QED) is 0.116. The number of hydrogen-bond donors (Lipinski definition) is 0. The first kappa shape index (κ1) is 33.7. The smallest absolute Gasteiger partial charge is 0.744 e. The second-order valence-electron chi connectivity index (χ2n) is 9.51. The van der Waals surface area contributed by atoms with Gasteiger partial charge >= 0.3 is 37.7 Å². The summed E-state index contributed by atoms with van der Waals surface area (Å²) in [5.74, 6) is 0. The van der Waals surface area contributed by atoms with Crippen LogP contribution in [0.5, 0.6) is 0 Å². The Kier molecular flexibility index (Phi) is 13.4. The van der Waals surface area contributed by atoms with Gasteiger partial charge in [-0.05, 0) is 82.6 Å². The number of unbranched alkanes of at least 4 members (excludes halogenated alkanes) is 4. The maximum atomic E-state index is 11.0. The van der Waals surface area contributed by atoms with Crippen molar-refractivity contribution < 1.29 is 25.9 Å². The second kappa shape index (κ2) is 15.5. The van der Waals surface area contributed by atoms with Crippen LogP contribution in [0.4, 0.5) is 0 Å². The SMILES string of the molecule is CCCCCc1ccc2ccc(S(=O)(=O)[O-])cc2c1.CCCCCc1ccc2ccc(S(=O)(=O)[O-])cc2c1.[Ca+2]. The molecule has 0 atom stereocenters. The van der Waals surface area contributed by atoms with Gasteiger partial charge in [-0.1, -0.05) is 88.1 Å². The third-order valence-corrected chi connectivity index (χ3v) is 8.13. The largest absolute Gasteiger partial charge is 2.00 e. The monoisotopic (exact) mass is 594 g/mol. The number of aryl methyl sites for hydroxylation is 2. The molecule has 4 aromatic rings. The van der Waals surface area contributed by atoms with Gasteiger partial charge in [0, 0.05) is 0 Å². The van der Waals surface area contributed by atoms with E-state index in [4.69, 9.17) is 0 Å². The first-order valence-corrected chi connectivity index (χ1v) is 15.8. The normalized spacial score (nSPS) is 11.6. The van der Waals surface area contributed by atoms with E-state index in [1.807, 2.05) is 24.3 Å². The zero-order valence-corrected chi connectivity index (χ0v) is 26.4. The van der Waals surface area contributed by atoms with Gasteiger partial charge in [-0.2, -0.15) is 0 Å². The molecule has 4 rings (SSSR count). The van der Waals surface area contributed by atoms with Crippen molar-refractivity contribution in [3.05, 3.63) is 83.9 Å². The molecule has 204 valence electrons. The molecular weight excluding hydrogens is 561 g/mol. The molecule has 0 aliphatic rings. The zero-order valence-electron chi connectivity index (χ0n) is 22.6. The third kappa shape index (κ3) is 10.4. The average molecular weight is 595 g/mol. The molecule has 0 spiro atoms. The minimum absolute atomic E-state index is 0. The number of hydrogen-bond acceptors (Lipinski definition) is 6. The molecule has 6 nitrogen and oxygen atoms in total. The van der Waals surface area contributed by atoms with E-state index in [0.29, 0.717) is 0 Å². The van der Waals surface area contributed by atoms with Gasteiger partial charge in [0.2, 0.25) is 0 Å². The summed E-state index contributed by atoms with van der Waals surface area (Å²) in [7, 11) is -8.76. The van der Waals surface area contributed by atoms with Crippen molar-refractivity contribution in [3.8, 4) is 0 Å². The van der Waals surface area contributed by atoms with Crippen LogP contribution in [0.2, 0.25) is 0 Å². The van der Waals surface area contributed by atoms with Crippen molar-refractivity contribution in [1.82, 2.24) is 0 Å². The van der Waals surface area contributed by atoms with Crippen LogP contribution in [0.25, 0.3) is 21.5 Å².